The van der Waals surface area contributed by atoms with E-state index in [2.05, 4.69) is 0 Å². The first-order valence-electron chi connectivity index (χ1n) is 11.2. The molecule has 0 radical (unpaired) electrons. The first-order valence-corrected chi connectivity index (χ1v) is 13.8. The SMILES string of the molecule is Cc1ccc(S(=O)(=O)c2ccc(C)c(O)c2C)c(C)c1O.[O-][S+](c1ccc(O)cc1)c1ccc(O)cc1. The fraction of sp³-hybridized carbons (Fsp3) is 0.143. The summed E-state index contributed by atoms with van der Waals surface area (Å²) in [5.74, 6) is 0.244. The number of sulfone groups is 1. The minimum absolute atomic E-state index is 0.0231. The van der Waals surface area contributed by atoms with Crippen molar-refractivity contribution in [3.8, 4) is 23.0 Å². The molecule has 4 N–H and O–H groups in total. The lowest BCUT2D eigenvalue weighted by molar-refractivity contribution is 0.463. The average Bonchev–Trinajstić information content (AvgIpc) is 2.86. The van der Waals surface area contributed by atoms with Crippen LogP contribution in [-0.4, -0.2) is 33.4 Å². The summed E-state index contributed by atoms with van der Waals surface area (Å²) in [7, 11) is -3.80. The van der Waals surface area contributed by atoms with Crippen LogP contribution in [-0.2, 0) is 21.0 Å². The van der Waals surface area contributed by atoms with Gasteiger partial charge in [0.2, 0.25) is 9.84 Å². The molecular weight excluding hydrogens is 512 g/mol. The van der Waals surface area contributed by atoms with Crippen molar-refractivity contribution in [3.63, 3.8) is 0 Å². The summed E-state index contributed by atoms with van der Waals surface area (Å²) in [6.07, 6.45) is 0. The quantitative estimate of drug-likeness (QED) is 0.253. The Morgan fingerprint density at radius 2 is 0.892 bits per heavy atom. The minimum atomic E-state index is -3.80. The van der Waals surface area contributed by atoms with Gasteiger partial charge in [-0.1, -0.05) is 12.1 Å². The minimum Gasteiger partial charge on any atom is -0.606 e. The van der Waals surface area contributed by atoms with Gasteiger partial charge in [0.1, 0.15) is 23.0 Å². The van der Waals surface area contributed by atoms with Gasteiger partial charge in [-0.2, -0.15) is 0 Å². The van der Waals surface area contributed by atoms with Gasteiger partial charge < -0.3 is 25.0 Å². The van der Waals surface area contributed by atoms with E-state index in [1.165, 1.54) is 36.4 Å². The van der Waals surface area contributed by atoms with Crippen molar-refractivity contribution < 1.29 is 33.4 Å². The molecular formula is C28H28O7S2. The molecule has 0 atom stereocenters. The van der Waals surface area contributed by atoms with E-state index >= 15 is 0 Å². The molecule has 4 rings (SSSR count). The van der Waals surface area contributed by atoms with E-state index in [0.717, 1.165) is 0 Å². The molecule has 9 heteroatoms. The van der Waals surface area contributed by atoms with E-state index in [4.69, 9.17) is 10.2 Å². The Kier molecular flexibility index (Phi) is 8.42. The highest BCUT2D eigenvalue weighted by Gasteiger charge is 2.25. The number of aryl methyl sites for hydroxylation is 2. The number of benzene rings is 4. The molecule has 0 spiro atoms. The Labute approximate surface area is 219 Å². The zero-order chi connectivity index (χ0) is 27.5. The van der Waals surface area contributed by atoms with Crippen molar-refractivity contribution in [2.75, 3.05) is 0 Å². The lowest BCUT2D eigenvalue weighted by Crippen LogP contribution is -2.07. The lowest BCUT2D eigenvalue weighted by Gasteiger charge is -2.14. The molecule has 0 heterocycles. The monoisotopic (exact) mass is 540 g/mol. The normalized spacial score (nSPS) is 11.2. The van der Waals surface area contributed by atoms with Crippen LogP contribution in [0.4, 0.5) is 0 Å². The smallest absolute Gasteiger partial charge is 0.207 e. The second kappa shape index (κ2) is 11.2. The van der Waals surface area contributed by atoms with Crippen molar-refractivity contribution in [2.24, 2.45) is 0 Å². The van der Waals surface area contributed by atoms with Crippen molar-refractivity contribution in [2.45, 2.75) is 47.3 Å². The Morgan fingerprint density at radius 1 is 0.568 bits per heavy atom. The fourth-order valence-corrected chi connectivity index (χ4v) is 6.38. The van der Waals surface area contributed by atoms with Crippen LogP contribution < -0.4 is 0 Å². The standard InChI is InChI=1S/C16H18O4S.C12H10O3S/c1-9-5-7-13(11(3)15(9)17)21(19,20)14-8-6-10(2)16(18)12(14)4;13-9-1-5-11(6-2-9)16(15)12-7-3-10(14)4-8-12/h5-8,17-18H,1-4H3;1-8,13-14H. The third-order valence-electron chi connectivity index (χ3n) is 5.85. The van der Waals surface area contributed by atoms with Crippen LogP contribution in [0.15, 0.2) is 92.4 Å². The number of aromatic hydroxyl groups is 4. The lowest BCUT2D eigenvalue weighted by atomic mass is 10.1. The van der Waals surface area contributed by atoms with Crippen molar-refractivity contribution in [3.05, 3.63) is 95.1 Å². The molecule has 37 heavy (non-hydrogen) atoms. The van der Waals surface area contributed by atoms with Gasteiger partial charge in [-0.15, -0.1) is 0 Å². The molecule has 0 unspecified atom stereocenters. The molecule has 0 aliphatic carbocycles. The Hall–Kier alpha value is -3.66. The summed E-state index contributed by atoms with van der Waals surface area (Å²) >= 11 is -1.29. The zero-order valence-electron chi connectivity index (χ0n) is 20.8. The van der Waals surface area contributed by atoms with E-state index < -0.39 is 21.0 Å². The number of rotatable bonds is 4. The molecule has 0 bridgehead atoms. The Balaban J connectivity index is 0.000000213. The predicted molar refractivity (Wildman–Crippen MR) is 142 cm³/mol. The average molecular weight is 541 g/mol. The van der Waals surface area contributed by atoms with Crippen molar-refractivity contribution >= 4 is 21.0 Å². The van der Waals surface area contributed by atoms with Gasteiger partial charge in [-0.25, -0.2) is 8.42 Å². The van der Waals surface area contributed by atoms with Crippen LogP contribution in [0.2, 0.25) is 0 Å². The van der Waals surface area contributed by atoms with Crippen LogP contribution >= 0.6 is 0 Å². The molecule has 0 aromatic heterocycles. The van der Waals surface area contributed by atoms with E-state index in [-0.39, 0.29) is 32.8 Å². The van der Waals surface area contributed by atoms with Gasteiger partial charge in [0.05, 0.1) is 9.79 Å². The van der Waals surface area contributed by atoms with Crippen LogP contribution in [0.3, 0.4) is 0 Å². The Bertz CT molecular complexity index is 1400. The predicted octanol–water partition coefficient (Wildman–Crippen LogP) is 5.43. The highest BCUT2D eigenvalue weighted by atomic mass is 32.2. The molecule has 0 saturated carbocycles. The van der Waals surface area contributed by atoms with Crippen molar-refractivity contribution in [1.82, 2.24) is 0 Å². The molecule has 0 aliphatic rings. The fourth-order valence-electron chi connectivity index (χ4n) is 3.61. The van der Waals surface area contributed by atoms with Gasteiger partial charge in [0, 0.05) is 22.3 Å². The molecule has 0 amide bonds. The van der Waals surface area contributed by atoms with E-state index in [9.17, 15) is 23.2 Å². The molecule has 0 saturated heterocycles. The highest BCUT2D eigenvalue weighted by Crippen LogP contribution is 2.35. The van der Waals surface area contributed by atoms with Crippen LogP contribution in [0.1, 0.15) is 22.3 Å². The van der Waals surface area contributed by atoms with Crippen LogP contribution in [0, 0.1) is 27.7 Å². The maximum absolute atomic E-state index is 12.8. The third kappa shape index (κ3) is 6.02. The summed E-state index contributed by atoms with van der Waals surface area (Å²) in [6, 6.07) is 18.5. The summed E-state index contributed by atoms with van der Waals surface area (Å²) < 4.78 is 37.6. The second-order valence-electron chi connectivity index (χ2n) is 8.47. The van der Waals surface area contributed by atoms with Gasteiger partial charge in [-0.3, -0.25) is 0 Å². The van der Waals surface area contributed by atoms with Gasteiger partial charge in [-0.05, 0) is 99.5 Å². The molecule has 7 nitrogen and oxygen atoms in total. The topological polar surface area (TPSA) is 138 Å². The third-order valence-corrected chi connectivity index (χ3v) is 9.29. The Morgan fingerprint density at radius 3 is 1.22 bits per heavy atom. The zero-order valence-corrected chi connectivity index (χ0v) is 22.4. The van der Waals surface area contributed by atoms with Crippen LogP contribution in [0.5, 0.6) is 23.0 Å². The summed E-state index contributed by atoms with van der Waals surface area (Å²) in [6.45, 7) is 6.56. The molecule has 0 aliphatic heterocycles. The van der Waals surface area contributed by atoms with E-state index in [1.54, 1.807) is 64.1 Å². The summed E-state index contributed by atoms with van der Waals surface area (Å²) in [5.41, 5.74) is 1.87. The molecule has 4 aromatic rings. The van der Waals surface area contributed by atoms with Crippen LogP contribution in [0.25, 0.3) is 0 Å². The van der Waals surface area contributed by atoms with Gasteiger partial charge in [0.25, 0.3) is 0 Å². The first kappa shape index (κ1) is 27.9. The molecule has 0 fully saturated rings. The number of phenols is 4. The summed E-state index contributed by atoms with van der Waals surface area (Å²) in [4.78, 5) is 1.33. The number of hydrogen-bond acceptors (Lipinski definition) is 7. The van der Waals surface area contributed by atoms with Gasteiger partial charge >= 0.3 is 0 Å². The van der Waals surface area contributed by atoms with E-state index in [0.29, 0.717) is 32.0 Å². The maximum Gasteiger partial charge on any atom is 0.207 e. The van der Waals surface area contributed by atoms with E-state index in [1.807, 2.05) is 0 Å². The number of hydrogen-bond donors (Lipinski definition) is 4. The molecule has 194 valence electrons. The maximum atomic E-state index is 12.8. The first-order chi connectivity index (χ1) is 17.3. The largest absolute Gasteiger partial charge is 0.606 e. The number of phenolic OH excluding ortho intramolecular Hbond substituents is 4. The highest BCUT2D eigenvalue weighted by molar-refractivity contribution is 7.91. The second-order valence-corrected chi connectivity index (χ2v) is 11.8. The summed E-state index contributed by atoms with van der Waals surface area (Å²) in [5, 5.41) is 38.1. The van der Waals surface area contributed by atoms with Crippen molar-refractivity contribution in [1.29, 1.82) is 0 Å². The van der Waals surface area contributed by atoms with Gasteiger partial charge in [0.15, 0.2) is 9.79 Å². The molecule has 4 aromatic carbocycles.